The van der Waals surface area contributed by atoms with E-state index in [0.29, 0.717) is 5.75 Å². The third-order valence-corrected chi connectivity index (χ3v) is 3.72. The van der Waals surface area contributed by atoms with Crippen LogP contribution in [-0.2, 0) is 4.79 Å². The fourth-order valence-electron chi connectivity index (χ4n) is 2.39. The highest BCUT2D eigenvalue weighted by molar-refractivity contribution is 5.96. The quantitative estimate of drug-likeness (QED) is 0.767. The van der Waals surface area contributed by atoms with Gasteiger partial charge in [-0.1, -0.05) is 48.0 Å². The molecule has 0 heterocycles. The Morgan fingerprint density at radius 3 is 2.39 bits per heavy atom. The maximum Gasteiger partial charge on any atom is 0.265 e. The van der Waals surface area contributed by atoms with Gasteiger partial charge in [0, 0.05) is 5.69 Å². The predicted molar refractivity (Wildman–Crippen MR) is 93.8 cm³/mol. The van der Waals surface area contributed by atoms with Crippen LogP contribution in [0.4, 0.5) is 5.69 Å². The van der Waals surface area contributed by atoms with Crippen LogP contribution in [0.3, 0.4) is 0 Å². The Morgan fingerprint density at radius 1 is 0.957 bits per heavy atom. The molecule has 23 heavy (non-hydrogen) atoms. The molecule has 1 N–H and O–H groups in total. The number of rotatable bonds is 4. The lowest BCUT2D eigenvalue weighted by Crippen LogP contribution is -2.30. The van der Waals surface area contributed by atoms with Crippen molar-refractivity contribution in [3.63, 3.8) is 0 Å². The summed E-state index contributed by atoms with van der Waals surface area (Å²) in [7, 11) is 0. The van der Waals surface area contributed by atoms with Gasteiger partial charge in [0.2, 0.25) is 0 Å². The van der Waals surface area contributed by atoms with Gasteiger partial charge in [-0.2, -0.15) is 0 Å². The molecule has 1 amide bonds. The molecule has 0 radical (unpaired) electrons. The monoisotopic (exact) mass is 305 g/mol. The largest absolute Gasteiger partial charge is 0.481 e. The highest BCUT2D eigenvalue weighted by Crippen LogP contribution is 2.19. The second-order valence-electron chi connectivity index (χ2n) is 5.62. The smallest absolute Gasteiger partial charge is 0.265 e. The Morgan fingerprint density at radius 2 is 1.65 bits per heavy atom. The number of carbonyl (C=O) groups excluding carboxylic acids is 1. The number of anilines is 1. The van der Waals surface area contributed by atoms with Gasteiger partial charge in [-0.05, 0) is 48.9 Å². The maximum absolute atomic E-state index is 12.3. The van der Waals surface area contributed by atoms with Crippen molar-refractivity contribution in [2.24, 2.45) is 0 Å². The van der Waals surface area contributed by atoms with E-state index in [2.05, 4.69) is 5.32 Å². The number of benzene rings is 3. The van der Waals surface area contributed by atoms with Gasteiger partial charge < -0.3 is 10.1 Å². The van der Waals surface area contributed by atoms with Gasteiger partial charge in [-0.25, -0.2) is 0 Å². The number of fused-ring (bicyclic) bond motifs is 1. The summed E-state index contributed by atoms with van der Waals surface area (Å²) in [5, 5.41) is 5.14. The molecule has 0 aromatic heterocycles. The summed E-state index contributed by atoms with van der Waals surface area (Å²) in [6.07, 6.45) is -0.566. The molecule has 116 valence electrons. The molecule has 3 nitrogen and oxygen atoms in total. The number of aryl methyl sites for hydroxylation is 1. The Labute approximate surface area is 135 Å². The van der Waals surface area contributed by atoms with Crippen molar-refractivity contribution in [2.45, 2.75) is 20.0 Å². The van der Waals surface area contributed by atoms with Gasteiger partial charge in [0.1, 0.15) is 5.75 Å². The minimum Gasteiger partial charge on any atom is -0.481 e. The molecule has 0 unspecified atom stereocenters. The standard InChI is InChI=1S/C20H19NO2/c1-14-7-11-19(12-8-14)23-15(2)20(22)21-18-10-9-16-5-3-4-6-17(16)13-18/h3-13,15H,1-2H3,(H,21,22)/t15-/m0/s1. The summed E-state index contributed by atoms with van der Waals surface area (Å²) in [4.78, 5) is 12.3. The summed E-state index contributed by atoms with van der Waals surface area (Å²) in [6.45, 7) is 3.76. The van der Waals surface area contributed by atoms with E-state index in [1.165, 1.54) is 0 Å². The lowest BCUT2D eigenvalue weighted by atomic mass is 10.1. The molecule has 1 atom stereocenters. The molecular formula is C20H19NO2. The van der Waals surface area contributed by atoms with E-state index in [1.54, 1.807) is 6.92 Å². The van der Waals surface area contributed by atoms with Gasteiger partial charge in [0.05, 0.1) is 0 Å². The van der Waals surface area contributed by atoms with Crippen LogP contribution in [0.5, 0.6) is 5.75 Å². The first-order valence-electron chi connectivity index (χ1n) is 7.65. The first-order valence-corrected chi connectivity index (χ1v) is 7.65. The van der Waals surface area contributed by atoms with Gasteiger partial charge in [-0.3, -0.25) is 4.79 Å². The van der Waals surface area contributed by atoms with Crippen LogP contribution >= 0.6 is 0 Å². The summed E-state index contributed by atoms with van der Waals surface area (Å²) < 4.78 is 5.68. The lowest BCUT2D eigenvalue weighted by Gasteiger charge is -2.15. The van der Waals surface area contributed by atoms with E-state index in [4.69, 9.17) is 4.74 Å². The minimum absolute atomic E-state index is 0.166. The van der Waals surface area contributed by atoms with Gasteiger partial charge in [0.15, 0.2) is 6.10 Å². The van der Waals surface area contributed by atoms with E-state index >= 15 is 0 Å². The first-order chi connectivity index (χ1) is 11.1. The molecule has 3 aromatic carbocycles. The topological polar surface area (TPSA) is 38.3 Å². The second-order valence-corrected chi connectivity index (χ2v) is 5.62. The van der Waals surface area contributed by atoms with Gasteiger partial charge in [0.25, 0.3) is 5.91 Å². The number of carbonyl (C=O) groups is 1. The molecule has 0 aliphatic carbocycles. The average molecular weight is 305 g/mol. The third kappa shape index (κ3) is 3.69. The zero-order valence-electron chi connectivity index (χ0n) is 13.2. The number of ether oxygens (including phenoxy) is 1. The van der Waals surface area contributed by atoms with Crippen molar-refractivity contribution in [2.75, 3.05) is 5.32 Å². The third-order valence-electron chi connectivity index (χ3n) is 3.72. The van der Waals surface area contributed by atoms with Crippen molar-refractivity contribution in [1.29, 1.82) is 0 Å². The zero-order chi connectivity index (χ0) is 16.2. The lowest BCUT2D eigenvalue weighted by molar-refractivity contribution is -0.122. The molecule has 3 aromatic rings. The number of hydrogen-bond acceptors (Lipinski definition) is 2. The number of amides is 1. The fraction of sp³-hybridized carbons (Fsp3) is 0.150. The van der Waals surface area contributed by atoms with Crippen LogP contribution in [0.25, 0.3) is 10.8 Å². The molecule has 0 bridgehead atoms. The predicted octanol–water partition coefficient (Wildman–Crippen LogP) is 4.55. The molecule has 0 saturated carbocycles. The van der Waals surface area contributed by atoms with Gasteiger partial charge in [-0.15, -0.1) is 0 Å². The van der Waals surface area contributed by atoms with Crippen LogP contribution in [0, 0.1) is 6.92 Å². The SMILES string of the molecule is Cc1ccc(O[C@@H](C)C(=O)Nc2ccc3ccccc3c2)cc1. The number of nitrogens with one attached hydrogen (secondary N) is 1. The van der Waals surface area contributed by atoms with E-state index in [-0.39, 0.29) is 5.91 Å². The van der Waals surface area contributed by atoms with E-state index in [9.17, 15) is 4.79 Å². The fourth-order valence-corrected chi connectivity index (χ4v) is 2.39. The molecule has 0 aliphatic rings. The van der Waals surface area contributed by atoms with Crippen LogP contribution in [0.2, 0.25) is 0 Å². The highest BCUT2D eigenvalue weighted by Gasteiger charge is 2.15. The molecular weight excluding hydrogens is 286 g/mol. The van der Waals surface area contributed by atoms with Crippen molar-refractivity contribution in [3.8, 4) is 5.75 Å². The van der Waals surface area contributed by atoms with Crippen molar-refractivity contribution in [3.05, 3.63) is 72.3 Å². The Kier molecular flexibility index (Phi) is 4.29. The first kappa shape index (κ1) is 15.1. The normalized spacial score (nSPS) is 11.9. The van der Waals surface area contributed by atoms with E-state index in [1.807, 2.05) is 73.7 Å². The molecule has 0 spiro atoms. The summed E-state index contributed by atoms with van der Waals surface area (Å²) in [5.74, 6) is 0.526. The second kappa shape index (κ2) is 6.53. The van der Waals surface area contributed by atoms with Crippen LogP contribution in [0.1, 0.15) is 12.5 Å². The van der Waals surface area contributed by atoms with Crippen molar-refractivity contribution < 1.29 is 9.53 Å². The Balaban J connectivity index is 1.68. The average Bonchev–Trinajstić information content (AvgIpc) is 2.56. The molecule has 0 aliphatic heterocycles. The summed E-state index contributed by atoms with van der Waals surface area (Å²) in [5.41, 5.74) is 1.93. The van der Waals surface area contributed by atoms with E-state index < -0.39 is 6.10 Å². The van der Waals surface area contributed by atoms with Crippen molar-refractivity contribution >= 4 is 22.4 Å². The summed E-state index contributed by atoms with van der Waals surface area (Å²) in [6, 6.07) is 21.6. The maximum atomic E-state index is 12.3. The molecule has 3 heteroatoms. The van der Waals surface area contributed by atoms with Gasteiger partial charge >= 0.3 is 0 Å². The minimum atomic E-state index is -0.566. The van der Waals surface area contributed by atoms with Crippen LogP contribution < -0.4 is 10.1 Å². The van der Waals surface area contributed by atoms with E-state index in [0.717, 1.165) is 22.0 Å². The van der Waals surface area contributed by atoms with Crippen LogP contribution in [-0.4, -0.2) is 12.0 Å². The number of hydrogen-bond donors (Lipinski definition) is 1. The molecule has 0 fully saturated rings. The Bertz CT molecular complexity index is 824. The Hall–Kier alpha value is -2.81. The zero-order valence-corrected chi connectivity index (χ0v) is 13.2. The highest BCUT2D eigenvalue weighted by atomic mass is 16.5. The van der Waals surface area contributed by atoms with Crippen molar-refractivity contribution in [1.82, 2.24) is 0 Å². The summed E-state index contributed by atoms with van der Waals surface area (Å²) >= 11 is 0. The molecule has 0 saturated heterocycles. The van der Waals surface area contributed by atoms with Crippen LogP contribution in [0.15, 0.2) is 66.7 Å². The molecule has 3 rings (SSSR count).